The summed E-state index contributed by atoms with van der Waals surface area (Å²) in [6.07, 6.45) is 0.265. The average molecular weight is 246 g/mol. The number of phenols is 1. The number of aromatic carboxylic acids is 1. The Hall–Kier alpha value is -1.24. The maximum Gasteiger partial charge on any atom is 0.451 e. The highest BCUT2D eigenvalue weighted by molar-refractivity contribution is 6.41. The zero-order valence-corrected chi connectivity index (χ0v) is 9.15. The molecule has 4 N–H and O–H groups in total. The molecule has 1 aromatic carbocycles. The Labute approximate surface area is 98.9 Å². The van der Waals surface area contributed by atoms with Gasteiger partial charge in [-0.3, -0.25) is 0 Å². The quantitative estimate of drug-likeness (QED) is 0.581. The number of carboxylic acids is 1. The van der Waals surface area contributed by atoms with E-state index < -0.39 is 13.1 Å². The molecule has 1 rings (SSSR count). The van der Waals surface area contributed by atoms with Crippen LogP contribution in [0.25, 0.3) is 0 Å². The number of benzene rings is 1. The highest BCUT2D eigenvalue weighted by atomic mass is 35.5. The molecular weight excluding hydrogens is 234 g/mol. The van der Waals surface area contributed by atoms with Gasteiger partial charge in [-0.05, 0) is 24.4 Å². The standard InChI is InChI=1S/C9H11BO5.ClH/c11-8-6(4-5-10(14)15)2-1-3-7(8)9(12)13;/h1-3,11,14-15H,4-5H2,(H,12,13);1H. The van der Waals surface area contributed by atoms with Crippen LogP contribution in [0, 0.1) is 0 Å². The van der Waals surface area contributed by atoms with E-state index in [9.17, 15) is 9.90 Å². The Morgan fingerprint density at radius 3 is 2.44 bits per heavy atom. The van der Waals surface area contributed by atoms with Crippen LogP contribution in [0.15, 0.2) is 18.2 Å². The van der Waals surface area contributed by atoms with Crippen molar-refractivity contribution in [1.29, 1.82) is 0 Å². The van der Waals surface area contributed by atoms with Crippen LogP contribution in [-0.2, 0) is 6.42 Å². The molecule has 0 fully saturated rings. The van der Waals surface area contributed by atoms with Crippen molar-refractivity contribution < 1.29 is 25.1 Å². The molecule has 0 heterocycles. The number of hydrogen-bond acceptors (Lipinski definition) is 4. The second-order valence-corrected chi connectivity index (χ2v) is 3.14. The lowest BCUT2D eigenvalue weighted by molar-refractivity contribution is 0.0693. The van der Waals surface area contributed by atoms with Crippen molar-refractivity contribution in [1.82, 2.24) is 0 Å². The largest absolute Gasteiger partial charge is 0.507 e. The molecule has 0 aliphatic heterocycles. The third-order valence-corrected chi connectivity index (χ3v) is 2.02. The van der Waals surface area contributed by atoms with E-state index in [1.54, 1.807) is 6.07 Å². The van der Waals surface area contributed by atoms with Crippen LogP contribution < -0.4 is 0 Å². The molecule has 0 bridgehead atoms. The summed E-state index contributed by atoms with van der Waals surface area (Å²) < 4.78 is 0. The van der Waals surface area contributed by atoms with Gasteiger partial charge in [-0.25, -0.2) is 4.79 Å². The topological polar surface area (TPSA) is 98.0 Å². The minimum absolute atomic E-state index is 0. The second kappa shape index (κ2) is 6.37. The predicted molar refractivity (Wildman–Crippen MR) is 61.0 cm³/mol. The molecule has 0 aliphatic carbocycles. The van der Waals surface area contributed by atoms with Gasteiger partial charge in [0, 0.05) is 0 Å². The van der Waals surface area contributed by atoms with Gasteiger partial charge in [0.05, 0.1) is 0 Å². The van der Waals surface area contributed by atoms with Crippen LogP contribution in [-0.4, -0.2) is 33.3 Å². The summed E-state index contributed by atoms with van der Waals surface area (Å²) in [7, 11) is -1.46. The van der Waals surface area contributed by atoms with Crippen LogP contribution in [0.3, 0.4) is 0 Å². The molecule has 0 saturated carbocycles. The number of aromatic hydroxyl groups is 1. The normalized spacial score (nSPS) is 9.38. The van der Waals surface area contributed by atoms with Crippen molar-refractivity contribution in [2.75, 3.05) is 0 Å². The number of hydrogen-bond donors (Lipinski definition) is 4. The summed E-state index contributed by atoms with van der Waals surface area (Å²) in [5.74, 6) is -1.52. The highest BCUT2D eigenvalue weighted by Gasteiger charge is 2.14. The minimum atomic E-state index is -1.46. The van der Waals surface area contributed by atoms with E-state index in [0.29, 0.717) is 5.56 Å². The fourth-order valence-corrected chi connectivity index (χ4v) is 1.25. The third kappa shape index (κ3) is 3.73. The van der Waals surface area contributed by atoms with Crippen molar-refractivity contribution in [2.45, 2.75) is 12.7 Å². The Bertz CT molecular complexity index is 369. The van der Waals surface area contributed by atoms with Crippen molar-refractivity contribution in [2.24, 2.45) is 0 Å². The lowest BCUT2D eigenvalue weighted by Crippen LogP contribution is -2.11. The summed E-state index contributed by atoms with van der Waals surface area (Å²) in [5.41, 5.74) is 0.211. The molecule has 7 heteroatoms. The first kappa shape index (κ1) is 14.8. The molecule has 0 unspecified atom stereocenters. The number of aryl methyl sites for hydroxylation is 1. The van der Waals surface area contributed by atoms with E-state index in [2.05, 4.69) is 0 Å². The van der Waals surface area contributed by atoms with E-state index in [0.717, 1.165) is 0 Å². The maximum atomic E-state index is 10.7. The van der Waals surface area contributed by atoms with Gasteiger partial charge >= 0.3 is 13.1 Å². The van der Waals surface area contributed by atoms with E-state index in [-0.39, 0.29) is 36.5 Å². The summed E-state index contributed by atoms with van der Waals surface area (Å²) in [4.78, 5) is 10.7. The molecule has 0 amide bonds. The highest BCUT2D eigenvalue weighted by Crippen LogP contribution is 2.23. The van der Waals surface area contributed by atoms with Crippen molar-refractivity contribution >= 4 is 25.5 Å². The first-order valence-corrected chi connectivity index (χ1v) is 4.42. The Morgan fingerprint density at radius 1 is 1.31 bits per heavy atom. The molecule has 0 spiro atoms. The van der Waals surface area contributed by atoms with E-state index >= 15 is 0 Å². The molecule has 0 aliphatic rings. The van der Waals surface area contributed by atoms with Gasteiger partial charge < -0.3 is 20.3 Å². The Kier molecular flexibility index (Phi) is 5.88. The molecule has 0 atom stereocenters. The number of carbonyl (C=O) groups is 1. The van der Waals surface area contributed by atoms with Crippen LogP contribution in [0.1, 0.15) is 15.9 Å². The third-order valence-electron chi connectivity index (χ3n) is 2.02. The van der Waals surface area contributed by atoms with Gasteiger partial charge in [-0.1, -0.05) is 12.1 Å². The lowest BCUT2D eigenvalue weighted by atomic mass is 9.82. The Balaban J connectivity index is 0.00000225. The molecule has 5 nitrogen and oxygen atoms in total. The zero-order chi connectivity index (χ0) is 11.4. The number of halogens is 1. The SMILES string of the molecule is Cl.O=C(O)c1cccc(CCB(O)O)c1O. The molecule has 0 saturated heterocycles. The molecule has 0 aromatic heterocycles. The van der Waals surface area contributed by atoms with Gasteiger partial charge in [-0.2, -0.15) is 0 Å². The van der Waals surface area contributed by atoms with Crippen LogP contribution in [0.4, 0.5) is 0 Å². The van der Waals surface area contributed by atoms with E-state index in [1.807, 2.05) is 0 Å². The monoisotopic (exact) mass is 246 g/mol. The first-order valence-electron chi connectivity index (χ1n) is 4.42. The second-order valence-electron chi connectivity index (χ2n) is 3.14. The van der Waals surface area contributed by atoms with Gasteiger partial charge in [0.25, 0.3) is 0 Å². The van der Waals surface area contributed by atoms with Crippen LogP contribution >= 0.6 is 12.4 Å². The number of carboxylic acid groups (broad SMARTS) is 1. The molecule has 88 valence electrons. The molecule has 1 aromatic rings. The summed E-state index contributed by atoms with van der Waals surface area (Å²) in [6.45, 7) is 0. The van der Waals surface area contributed by atoms with Crippen molar-refractivity contribution in [3.05, 3.63) is 29.3 Å². The minimum Gasteiger partial charge on any atom is -0.507 e. The number of rotatable bonds is 4. The Morgan fingerprint density at radius 2 is 1.94 bits per heavy atom. The maximum absolute atomic E-state index is 10.7. The first-order chi connectivity index (χ1) is 7.02. The fourth-order valence-electron chi connectivity index (χ4n) is 1.25. The van der Waals surface area contributed by atoms with Crippen LogP contribution in [0.2, 0.25) is 6.32 Å². The smallest absolute Gasteiger partial charge is 0.451 e. The predicted octanol–water partition coefficient (Wildman–Crippen LogP) is 0.527. The van der Waals surface area contributed by atoms with Gasteiger partial charge in [0.15, 0.2) is 0 Å². The average Bonchev–Trinajstić information content (AvgIpc) is 2.15. The summed E-state index contributed by atoms with van der Waals surface area (Å²) >= 11 is 0. The van der Waals surface area contributed by atoms with E-state index in [1.165, 1.54) is 12.1 Å². The number of para-hydroxylation sites is 1. The van der Waals surface area contributed by atoms with E-state index in [4.69, 9.17) is 15.2 Å². The van der Waals surface area contributed by atoms with Crippen molar-refractivity contribution in [3.63, 3.8) is 0 Å². The van der Waals surface area contributed by atoms with Crippen LogP contribution in [0.5, 0.6) is 5.75 Å². The lowest BCUT2D eigenvalue weighted by Gasteiger charge is -2.06. The molecular formula is C9H12BClO5. The van der Waals surface area contributed by atoms with Gasteiger partial charge in [0.2, 0.25) is 0 Å². The van der Waals surface area contributed by atoms with Gasteiger partial charge in [-0.15, -0.1) is 12.4 Å². The molecule has 0 radical (unpaired) electrons. The summed E-state index contributed by atoms with van der Waals surface area (Å²) in [5, 5.41) is 35.5. The van der Waals surface area contributed by atoms with Crippen molar-refractivity contribution in [3.8, 4) is 5.75 Å². The molecule has 16 heavy (non-hydrogen) atoms. The fraction of sp³-hybridized carbons (Fsp3) is 0.222. The summed E-state index contributed by atoms with van der Waals surface area (Å²) in [6, 6.07) is 4.34. The van der Waals surface area contributed by atoms with Gasteiger partial charge in [0.1, 0.15) is 11.3 Å². The zero-order valence-electron chi connectivity index (χ0n) is 8.33.